The van der Waals surface area contributed by atoms with Crippen molar-refractivity contribution in [1.29, 1.82) is 5.26 Å². The molecule has 1 N–H and O–H groups in total. The Morgan fingerprint density at radius 1 is 1.58 bits per heavy atom. The molecule has 0 aromatic heterocycles. The van der Waals surface area contributed by atoms with Crippen LogP contribution < -0.4 is 10.2 Å². The maximum Gasteiger partial charge on any atom is 0.289 e. The Labute approximate surface area is 110 Å². The highest BCUT2D eigenvalue weighted by atomic mass is 16.6. The summed E-state index contributed by atoms with van der Waals surface area (Å²) in [6.45, 7) is 0.433. The molecule has 19 heavy (non-hydrogen) atoms. The van der Waals surface area contributed by atoms with E-state index in [1.807, 2.05) is 0 Å². The highest BCUT2D eigenvalue weighted by Crippen LogP contribution is 2.24. The molecule has 100 valence electrons. The minimum Gasteiger partial charge on any atom is -0.374 e. The first-order chi connectivity index (χ1) is 8.99. The second-order valence-corrected chi connectivity index (χ2v) is 3.92. The monoisotopic (exact) mass is 262 g/mol. The second-order valence-electron chi connectivity index (χ2n) is 3.92. The zero-order chi connectivity index (χ0) is 14.4. The van der Waals surface area contributed by atoms with Crippen LogP contribution in [0.1, 0.15) is 12.0 Å². The van der Waals surface area contributed by atoms with Gasteiger partial charge in [-0.3, -0.25) is 14.9 Å². The number of hydrogen-bond acceptors (Lipinski definition) is 5. The number of carbonyl (C=O) groups excluding carboxylic acids is 1. The van der Waals surface area contributed by atoms with Crippen LogP contribution in [0.5, 0.6) is 0 Å². The van der Waals surface area contributed by atoms with Gasteiger partial charge in [0.25, 0.3) is 5.69 Å². The molecule has 7 heteroatoms. The van der Waals surface area contributed by atoms with Crippen molar-refractivity contribution in [2.24, 2.45) is 0 Å². The zero-order valence-corrected chi connectivity index (χ0v) is 10.7. The fourth-order valence-corrected chi connectivity index (χ4v) is 1.53. The standard InChI is InChI=1S/C12H14N4O3/c1-14-12(17)5-6-15(2)10-4-3-9(8-13)11(7-10)16(18)19/h3-4,7H,5-6H2,1-2H3,(H,14,17). The molecule has 1 rings (SSSR count). The lowest BCUT2D eigenvalue weighted by Crippen LogP contribution is -2.26. The average Bonchev–Trinajstić information content (AvgIpc) is 2.43. The number of carbonyl (C=O) groups is 1. The molecule has 0 spiro atoms. The van der Waals surface area contributed by atoms with E-state index in [-0.39, 0.29) is 17.2 Å². The molecule has 7 nitrogen and oxygen atoms in total. The zero-order valence-electron chi connectivity index (χ0n) is 10.7. The normalized spacial score (nSPS) is 9.53. The molecule has 0 unspecified atom stereocenters. The lowest BCUT2D eigenvalue weighted by atomic mass is 10.1. The first-order valence-electron chi connectivity index (χ1n) is 5.60. The Morgan fingerprint density at radius 3 is 2.79 bits per heavy atom. The molecular weight excluding hydrogens is 248 g/mol. The van der Waals surface area contributed by atoms with Gasteiger partial charge in [0.2, 0.25) is 5.91 Å². The summed E-state index contributed by atoms with van der Waals surface area (Å²) in [4.78, 5) is 23.1. The van der Waals surface area contributed by atoms with Gasteiger partial charge in [0.1, 0.15) is 11.6 Å². The summed E-state index contributed by atoms with van der Waals surface area (Å²) in [5.74, 6) is -0.102. The summed E-state index contributed by atoms with van der Waals surface area (Å²) >= 11 is 0. The number of nitro benzene ring substituents is 1. The van der Waals surface area contributed by atoms with E-state index in [9.17, 15) is 14.9 Å². The third-order valence-electron chi connectivity index (χ3n) is 2.69. The molecule has 0 atom stereocenters. The topological polar surface area (TPSA) is 99.3 Å². The number of amides is 1. The Hall–Kier alpha value is -2.62. The van der Waals surface area contributed by atoms with Crippen LogP contribution in [0.25, 0.3) is 0 Å². The average molecular weight is 262 g/mol. The lowest BCUT2D eigenvalue weighted by Gasteiger charge is -2.18. The van der Waals surface area contributed by atoms with Gasteiger partial charge in [0.15, 0.2) is 0 Å². The minimum atomic E-state index is -0.589. The van der Waals surface area contributed by atoms with E-state index in [0.717, 1.165) is 0 Å². The van der Waals surface area contributed by atoms with Crippen molar-refractivity contribution in [3.63, 3.8) is 0 Å². The molecule has 0 saturated carbocycles. The van der Waals surface area contributed by atoms with Gasteiger partial charge in [-0.1, -0.05) is 0 Å². The van der Waals surface area contributed by atoms with Gasteiger partial charge in [-0.25, -0.2) is 0 Å². The summed E-state index contributed by atoms with van der Waals surface area (Å²) in [5.41, 5.74) is 0.384. The van der Waals surface area contributed by atoms with Crippen molar-refractivity contribution in [3.05, 3.63) is 33.9 Å². The van der Waals surface area contributed by atoms with Gasteiger partial charge in [-0.2, -0.15) is 5.26 Å². The molecule has 1 amide bonds. The molecule has 0 aliphatic carbocycles. The van der Waals surface area contributed by atoms with Crippen LogP contribution in [0.15, 0.2) is 18.2 Å². The van der Waals surface area contributed by atoms with E-state index in [1.54, 1.807) is 31.1 Å². The third kappa shape index (κ3) is 3.67. The van der Waals surface area contributed by atoms with Gasteiger partial charge in [-0.15, -0.1) is 0 Å². The largest absolute Gasteiger partial charge is 0.374 e. The molecule has 1 aromatic rings. The Bertz CT molecular complexity index is 536. The number of nitrogens with one attached hydrogen (secondary N) is 1. The molecule has 0 saturated heterocycles. The van der Waals surface area contributed by atoms with Crippen LogP contribution in [-0.4, -0.2) is 31.5 Å². The molecule has 1 aromatic carbocycles. The summed E-state index contributed by atoms with van der Waals surface area (Å²) < 4.78 is 0. The number of anilines is 1. The quantitative estimate of drug-likeness (QED) is 0.631. The summed E-state index contributed by atoms with van der Waals surface area (Å²) in [7, 11) is 3.28. The summed E-state index contributed by atoms with van der Waals surface area (Å²) in [5, 5.41) is 22.1. The van der Waals surface area contributed by atoms with Crippen LogP contribution in [0.4, 0.5) is 11.4 Å². The predicted octanol–water partition coefficient (Wildman–Crippen LogP) is 1.04. The fourth-order valence-electron chi connectivity index (χ4n) is 1.53. The number of hydrogen-bond donors (Lipinski definition) is 1. The predicted molar refractivity (Wildman–Crippen MR) is 69.8 cm³/mol. The van der Waals surface area contributed by atoms with Gasteiger partial charge in [0.05, 0.1) is 4.92 Å². The molecule has 0 heterocycles. The van der Waals surface area contributed by atoms with Gasteiger partial charge in [0, 0.05) is 38.8 Å². The van der Waals surface area contributed by atoms with Gasteiger partial charge in [-0.05, 0) is 12.1 Å². The van der Waals surface area contributed by atoms with E-state index in [1.165, 1.54) is 12.1 Å². The first-order valence-corrected chi connectivity index (χ1v) is 5.60. The number of nitro groups is 1. The van der Waals surface area contributed by atoms with E-state index >= 15 is 0 Å². The molecule has 0 bridgehead atoms. The van der Waals surface area contributed by atoms with Gasteiger partial charge < -0.3 is 10.2 Å². The number of benzene rings is 1. The second kappa shape index (κ2) is 6.35. The number of nitrogens with zero attached hydrogens (tertiary/aromatic N) is 3. The SMILES string of the molecule is CNC(=O)CCN(C)c1ccc(C#N)c([N+](=O)[O-])c1. The van der Waals surface area contributed by atoms with Crippen LogP contribution in [0.2, 0.25) is 0 Å². The Kier molecular flexibility index (Phi) is 4.83. The van der Waals surface area contributed by atoms with Crippen molar-refractivity contribution >= 4 is 17.3 Å². The molecular formula is C12H14N4O3. The number of rotatable bonds is 5. The van der Waals surface area contributed by atoms with Gasteiger partial charge >= 0.3 is 0 Å². The Morgan fingerprint density at radius 2 is 2.26 bits per heavy atom. The van der Waals surface area contributed by atoms with E-state index in [0.29, 0.717) is 18.7 Å². The van der Waals surface area contributed by atoms with E-state index < -0.39 is 4.92 Å². The van der Waals surface area contributed by atoms with Crippen molar-refractivity contribution in [1.82, 2.24) is 5.32 Å². The fraction of sp³-hybridized carbons (Fsp3) is 0.333. The summed E-state index contributed by atoms with van der Waals surface area (Å²) in [6, 6.07) is 6.14. The van der Waals surface area contributed by atoms with E-state index in [4.69, 9.17) is 5.26 Å². The maximum absolute atomic E-state index is 11.1. The Balaban J connectivity index is 2.90. The lowest BCUT2D eigenvalue weighted by molar-refractivity contribution is -0.385. The summed E-state index contributed by atoms with van der Waals surface area (Å²) in [6.07, 6.45) is 0.292. The smallest absolute Gasteiger partial charge is 0.289 e. The highest BCUT2D eigenvalue weighted by Gasteiger charge is 2.15. The van der Waals surface area contributed by atoms with Crippen LogP contribution >= 0.6 is 0 Å². The first kappa shape index (κ1) is 14.4. The van der Waals surface area contributed by atoms with Crippen LogP contribution in [-0.2, 0) is 4.79 Å². The minimum absolute atomic E-state index is 0.0217. The van der Waals surface area contributed by atoms with Crippen molar-refractivity contribution in [3.8, 4) is 6.07 Å². The number of nitriles is 1. The van der Waals surface area contributed by atoms with Crippen LogP contribution in [0, 0.1) is 21.4 Å². The molecule has 0 aliphatic rings. The molecule has 0 aliphatic heterocycles. The highest BCUT2D eigenvalue weighted by molar-refractivity contribution is 5.76. The molecule has 0 radical (unpaired) electrons. The van der Waals surface area contributed by atoms with Crippen molar-refractivity contribution in [2.45, 2.75) is 6.42 Å². The van der Waals surface area contributed by atoms with Crippen molar-refractivity contribution < 1.29 is 9.72 Å². The van der Waals surface area contributed by atoms with Crippen molar-refractivity contribution in [2.75, 3.05) is 25.5 Å². The molecule has 0 fully saturated rings. The van der Waals surface area contributed by atoms with Crippen LogP contribution in [0.3, 0.4) is 0 Å². The maximum atomic E-state index is 11.1. The van der Waals surface area contributed by atoms with E-state index in [2.05, 4.69) is 5.32 Å². The third-order valence-corrected chi connectivity index (χ3v) is 2.69.